The van der Waals surface area contributed by atoms with E-state index in [0.29, 0.717) is 28.4 Å². The quantitative estimate of drug-likeness (QED) is 0.727. The second-order valence-corrected chi connectivity index (χ2v) is 9.30. The van der Waals surface area contributed by atoms with Gasteiger partial charge in [0.15, 0.2) is 10.2 Å². The summed E-state index contributed by atoms with van der Waals surface area (Å²) < 4.78 is 28.0. The molecule has 0 bridgehead atoms. The lowest BCUT2D eigenvalue weighted by Gasteiger charge is -2.17. The fourth-order valence-corrected chi connectivity index (χ4v) is 3.83. The van der Waals surface area contributed by atoms with Gasteiger partial charge in [0.2, 0.25) is 16.1 Å². The molecule has 2 heterocycles. The first-order chi connectivity index (χ1) is 13.2. The number of hydrogen-bond acceptors (Lipinski definition) is 7. The van der Waals surface area contributed by atoms with Crippen LogP contribution in [0, 0.1) is 6.92 Å². The van der Waals surface area contributed by atoms with Crippen LogP contribution in [0.25, 0.3) is 11.6 Å². The summed E-state index contributed by atoms with van der Waals surface area (Å²) in [5.41, 5.74) is 1.72. The lowest BCUT2D eigenvalue weighted by Crippen LogP contribution is -2.23. The van der Waals surface area contributed by atoms with Crippen molar-refractivity contribution in [2.75, 3.05) is 5.32 Å². The Morgan fingerprint density at radius 3 is 2.75 bits per heavy atom. The third kappa shape index (κ3) is 4.07. The van der Waals surface area contributed by atoms with Crippen molar-refractivity contribution in [2.45, 2.75) is 45.3 Å². The highest BCUT2D eigenvalue weighted by molar-refractivity contribution is 8.02. The van der Waals surface area contributed by atoms with Crippen LogP contribution in [0.1, 0.15) is 44.5 Å². The van der Waals surface area contributed by atoms with Gasteiger partial charge < -0.3 is 4.42 Å². The third-order valence-electron chi connectivity index (χ3n) is 4.31. The van der Waals surface area contributed by atoms with E-state index >= 15 is 0 Å². The minimum Gasteiger partial charge on any atom is -0.401 e. The fourth-order valence-electron chi connectivity index (χ4n) is 2.67. The Labute approximate surface area is 163 Å². The van der Waals surface area contributed by atoms with Gasteiger partial charge in [0.05, 0.1) is 11.4 Å². The summed E-state index contributed by atoms with van der Waals surface area (Å²) >= 11 is 0. The summed E-state index contributed by atoms with van der Waals surface area (Å²) in [7, 11) is -3.05. The Bertz CT molecular complexity index is 1010. The van der Waals surface area contributed by atoms with Gasteiger partial charge in [0.1, 0.15) is 5.69 Å². The summed E-state index contributed by atoms with van der Waals surface area (Å²) in [6.45, 7) is 6.56. The third-order valence-corrected chi connectivity index (χ3v) is 6.56. The molecular formula is C18H22N5O4S+. The van der Waals surface area contributed by atoms with Crippen LogP contribution in [0.4, 0.5) is 6.01 Å². The molecule has 0 fully saturated rings. The summed E-state index contributed by atoms with van der Waals surface area (Å²) in [6, 6.07) is -0.00867. The van der Waals surface area contributed by atoms with Crippen molar-refractivity contribution in [3.8, 4) is 11.6 Å². The molecule has 1 aliphatic rings. The predicted molar refractivity (Wildman–Crippen MR) is 105 cm³/mol. The van der Waals surface area contributed by atoms with Gasteiger partial charge in [0, 0.05) is 19.0 Å². The molecule has 2 N–H and O–H groups in total. The zero-order chi connectivity index (χ0) is 20.5. The van der Waals surface area contributed by atoms with Gasteiger partial charge in [-0.3, -0.25) is 15.1 Å². The molecule has 0 spiro atoms. The standard InChI is InChI=1S/C18H21N5O4S/c1-10(2)28(25,26)14-7-5-13(6-8-14)15-9-19-11(3)16(21-15)17-22-23-18(27-17)20-12(4)24/h5,7-10,13H,6H2,1-4H3,(H-,20,21,23,24,25,26)/p+1. The van der Waals surface area contributed by atoms with E-state index in [0.717, 1.165) is 0 Å². The SMILES string of the molecule is CC(=O)Nc1nnc(-c2nc(C3C=CC([S+](=O)(O)C(C)C)=CC3)cnc2C)o1. The van der Waals surface area contributed by atoms with Gasteiger partial charge in [0.25, 0.3) is 5.89 Å². The van der Waals surface area contributed by atoms with Crippen LogP contribution >= 0.6 is 0 Å². The van der Waals surface area contributed by atoms with Gasteiger partial charge in [-0.15, -0.1) is 5.10 Å². The maximum atomic E-state index is 12.4. The number of allylic oxidation sites excluding steroid dienone is 3. The Morgan fingerprint density at radius 1 is 1.39 bits per heavy atom. The number of aryl methyl sites for hydroxylation is 1. The molecule has 0 saturated carbocycles. The molecule has 2 atom stereocenters. The molecule has 9 nitrogen and oxygen atoms in total. The Hall–Kier alpha value is -2.72. The average molecular weight is 404 g/mol. The van der Waals surface area contributed by atoms with Gasteiger partial charge in [-0.05, 0) is 39.3 Å². The topological polar surface area (TPSA) is 131 Å². The number of amides is 1. The second kappa shape index (κ2) is 7.72. The molecule has 10 heteroatoms. The van der Waals surface area contributed by atoms with E-state index in [9.17, 15) is 13.6 Å². The lowest BCUT2D eigenvalue weighted by molar-refractivity contribution is -0.114. The van der Waals surface area contributed by atoms with E-state index in [4.69, 9.17) is 4.42 Å². The van der Waals surface area contributed by atoms with E-state index in [1.165, 1.54) is 6.92 Å². The monoisotopic (exact) mass is 404 g/mol. The number of rotatable bonds is 5. The maximum Gasteiger partial charge on any atom is 0.322 e. The molecule has 2 aromatic heterocycles. The molecular weight excluding hydrogens is 382 g/mol. The molecule has 2 aromatic rings. The van der Waals surface area contributed by atoms with Gasteiger partial charge >= 0.3 is 6.01 Å². The van der Waals surface area contributed by atoms with Crippen molar-refractivity contribution < 1.29 is 18.0 Å². The summed E-state index contributed by atoms with van der Waals surface area (Å²) in [6.07, 6.45) is 7.51. The van der Waals surface area contributed by atoms with Crippen molar-refractivity contribution in [1.29, 1.82) is 0 Å². The van der Waals surface area contributed by atoms with Crippen molar-refractivity contribution in [3.63, 3.8) is 0 Å². The van der Waals surface area contributed by atoms with Crippen molar-refractivity contribution in [1.82, 2.24) is 20.2 Å². The molecule has 1 amide bonds. The van der Waals surface area contributed by atoms with Gasteiger partial charge in [-0.25, -0.2) is 4.98 Å². The Balaban J connectivity index is 1.84. The molecule has 0 saturated heterocycles. The number of hydrogen-bond donors (Lipinski definition) is 2. The van der Waals surface area contributed by atoms with Crippen LogP contribution in [0.15, 0.2) is 33.7 Å². The maximum absolute atomic E-state index is 12.4. The normalized spacial score (nSPS) is 18.6. The van der Waals surface area contributed by atoms with Crippen molar-refractivity contribution in [2.24, 2.45) is 0 Å². The Morgan fingerprint density at radius 2 is 2.14 bits per heavy atom. The fraction of sp³-hybridized carbons (Fsp3) is 0.389. The minimum atomic E-state index is -3.05. The summed E-state index contributed by atoms with van der Waals surface area (Å²) in [5.74, 6) is -0.246. The molecule has 1 aliphatic carbocycles. The van der Waals surface area contributed by atoms with Crippen LogP contribution in [-0.2, 0) is 19.2 Å². The van der Waals surface area contributed by atoms with Crippen LogP contribution < -0.4 is 5.32 Å². The van der Waals surface area contributed by atoms with E-state index in [1.807, 2.05) is 6.08 Å². The number of nitrogens with one attached hydrogen (secondary N) is 1. The molecule has 0 radical (unpaired) electrons. The predicted octanol–water partition coefficient (Wildman–Crippen LogP) is 3.10. The molecule has 0 aromatic carbocycles. The van der Waals surface area contributed by atoms with Gasteiger partial charge in [-0.1, -0.05) is 15.4 Å². The molecule has 0 aliphatic heterocycles. The van der Waals surface area contributed by atoms with E-state index in [2.05, 4.69) is 25.5 Å². The summed E-state index contributed by atoms with van der Waals surface area (Å²) in [5, 5.41) is 9.75. The molecule has 148 valence electrons. The number of nitrogens with zero attached hydrogens (tertiary/aromatic N) is 4. The number of carbonyl (C=O) groups is 1. The number of aromatic nitrogens is 4. The highest BCUT2D eigenvalue weighted by Gasteiger charge is 2.36. The van der Waals surface area contributed by atoms with Crippen molar-refractivity contribution >= 4 is 22.1 Å². The van der Waals surface area contributed by atoms with Crippen LogP contribution in [0.3, 0.4) is 0 Å². The largest absolute Gasteiger partial charge is 0.401 e. The number of anilines is 1. The summed E-state index contributed by atoms with van der Waals surface area (Å²) in [4.78, 5) is 20.5. The van der Waals surface area contributed by atoms with Crippen molar-refractivity contribution in [3.05, 3.63) is 40.7 Å². The average Bonchev–Trinajstić information content (AvgIpc) is 3.09. The van der Waals surface area contributed by atoms with E-state index in [-0.39, 0.29) is 29.0 Å². The first kappa shape index (κ1) is 20.0. The van der Waals surface area contributed by atoms with Crippen LogP contribution in [0.5, 0.6) is 0 Å². The van der Waals surface area contributed by atoms with Gasteiger partial charge in [-0.2, -0.15) is 4.55 Å². The van der Waals surface area contributed by atoms with E-state index < -0.39 is 10.2 Å². The molecule has 28 heavy (non-hydrogen) atoms. The highest BCUT2D eigenvalue weighted by atomic mass is 32.3. The Kier molecular flexibility index (Phi) is 5.52. The molecule has 2 unspecified atom stereocenters. The zero-order valence-electron chi connectivity index (χ0n) is 16.0. The smallest absolute Gasteiger partial charge is 0.322 e. The minimum absolute atomic E-state index is 0.00867. The van der Waals surface area contributed by atoms with Crippen LogP contribution in [-0.4, -0.2) is 35.9 Å². The molecule has 3 rings (SSSR count). The highest BCUT2D eigenvalue weighted by Crippen LogP contribution is 2.32. The zero-order valence-corrected chi connectivity index (χ0v) is 16.9. The van der Waals surface area contributed by atoms with E-state index in [1.54, 1.807) is 39.1 Å². The first-order valence-corrected chi connectivity index (χ1v) is 10.3. The number of carbonyl (C=O) groups excluding carboxylic acids is 1. The van der Waals surface area contributed by atoms with Crippen LogP contribution in [0.2, 0.25) is 0 Å². The second-order valence-electron chi connectivity index (χ2n) is 6.75. The first-order valence-electron chi connectivity index (χ1n) is 8.77. The lowest BCUT2D eigenvalue weighted by atomic mass is 9.97.